The Labute approximate surface area is 414 Å². The number of carbonyl (C=O) groups is 6. The molecule has 4 N–H and O–H groups in total. The predicted molar refractivity (Wildman–Crippen MR) is 252 cm³/mol. The SMILES string of the molecule is CCc1c(NC(=O)C(N=Nc2cc(Cl)cc(C(=O)Nc3ccc(C(F)(F)F)cc3Cl)c2)C(C)=O)ccc(NC(=O)C(N=Nc2cc(Cl)cc(C(=O)Nc3ccc(C(F)(F)F)cc3Cl)c2)C(C)=O)c1CC. The predicted octanol–water partition coefficient (Wildman–Crippen LogP) is 13.3. The second-order valence-corrected chi connectivity index (χ2v) is 16.6. The lowest BCUT2D eigenvalue weighted by molar-refractivity contribution is -0.138. The highest BCUT2D eigenvalue weighted by Gasteiger charge is 2.33. The van der Waals surface area contributed by atoms with E-state index in [2.05, 4.69) is 41.7 Å². The van der Waals surface area contributed by atoms with Crippen molar-refractivity contribution in [3.05, 3.63) is 138 Å². The van der Waals surface area contributed by atoms with Gasteiger partial charge < -0.3 is 21.3 Å². The summed E-state index contributed by atoms with van der Waals surface area (Å²) in [6.45, 7) is 5.72. The lowest BCUT2D eigenvalue weighted by atomic mass is 9.98. The van der Waals surface area contributed by atoms with Crippen molar-refractivity contribution in [3.8, 4) is 0 Å². The van der Waals surface area contributed by atoms with Crippen LogP contribution in [0, 0.1) is 0 Å². The van der Waals surface area contributed by atoms with Gasteiger partial charge in [-0.1, -0.05) is 60.3 Å². The number of carbonyl (C=O) groups excluding carboxylic acids is 6. The molecule has 0 aromatic heterocycles. The quantitative estimate of drug-likeness (QED) is 0.0430. The zero-order valence-electron chi connectivity index (χ0n) is 36.7. The van der Waals surface area contributed by atoms with Crippen molar-refractivity contribution >= 4 is 116 Å². The molecule has 0 aliphatic carbocycles. The molecule has 0 radical (unpaired) electrons. The van der Waals surface area contributed by atoms with Gasteiger partial charge in [-0.25, -0.2) is 0 Å². The topological polar surface area (TPSA) is 200 Å². The average Bonchev–Trinajstić information content (AvgIpc) is 3.26. The maximum Gasteiger partial charge on any atom is 0.416 e. The van der Waals surface area contributed by atoms with Crippen LogP contribution in [0.25, 0.3) is 0 Å². The van der Waals surface area contributed by atoms with Gasteiger partial charge in [0, 0.05) is 32.5 Å². The first kappa shape index (κ1) is 54.2. The smallest absolute Gasteiger partial charge is 0.323 e. The standard InChI is InChI=1S/C46H36Cl4F6N8O6/c1-5-31-32(6-2)36(58-44(70)40(22(4)66)64-62-30-16-24(14-28(48)20-30)42(68)60-38-10-8-26(18-34(38)50)46(54,55)56)12-11-35(31)57-43(69)39(21(3)65)63-61-29-15-23(13-27(47)19-29)41(67)59-37-9-7-25(17-33(37)49)45(51,52)53/h7-20,39-40H,5-6H2,1-4H3,(H,57,69)(H,58,70)(H,59,67)(H,60,68). The Hall–Kier alpha value is -6.74. The minimum absolute atomic E-state index is 0.0137. The molecule has 0 bridgehead atoms. The van der Waals surface area contributed by atoms with Crippen LogP contribution < -0.4 is 21.3 Å². The molecule has 0 heterocycles. The van der Waals surface area contributed by atoms with Crippen LogP contribution in [0.3, 0.4) is 0 Å². The first-order chi connectivity index (χ1) is 32.8. The van der Waals surface area contributed by atoms with Crippen LogP contribution in [0.2, 0.25) is 20.1 Å². The molecule has 366 valence electrons. The van der Waals surface area contributed by atoms with Gasteiger partial charge in [-0.3, -0.25) is 28.8 Å². The van der Waals surface area contributed by atoms with Crippen LogP contribution >= 0.6 is 46.4 Å². The molecule has 4 amide bonds. The Bertz CT molecular complexity index is 2770. The van der Waals surface area contributed by atoms with Crippen molar-refractivity contribution < 1.29 is 55.1 Å². The number of amides is 4. The molecule has 2 unspecified atom stereocenters. The third-order valence-corrected chi connectivity index (χ3v) is 10.9. The molecule has 2 atom stereocenters. The molecule has 0 fully saturated rings. The van der Waals surface area contributed by atoms with E-state index in [-0.39, 0.29) is 65.3 Å². The van der Waals surface area contributed by atoms with Crippen molar-refractivity contribution in [2.75, 3.05) is 21.3 Å². The zero-order valence-corrected chi connectivity index (χ0v) is 39.7. The maximum absolute atomic E-state index is 13.6. The number of hydrogen-bond donors (Lipinski definition) is 4. The van der Waals surface area contributed by atoms with Crippen molar-refractivity contribution in [3.63, 3.8) is 0 Å². The van der Waals surface area contributed by atoms with Gasteiger partial charge in [0.15, 0.2) is 11.6 Å². The van der Waals surface area contributed by atoms with Gasteiger partial charge in [0.1, 0.15) is 0 Å². The Kier molecular flexibility index (Phi) is 17.6. The molecule has 24 heteroatoms. The van der Waals surface area contributed by atoms with E-state index in [1.54, 1.807) is 13.8 Å². The first-order valence-electron chi connectivity index (χ1n) is 20.4. The summed E-state index contributed by atoms with van der Waals surface area (Å²) in [6.07, 6.45) is -8.74. The van der Waals surface area contributed by atoms with Crippen LogP contribution in [0.4, 0.5) is 60.5 Å². The minimum atomic E-state index is -4.67. The number of alkyl halides is 6. The van der Waals surface area contributed by atoms with E-state index in [4.69, 9.17) is 46.4 Å². The number of benzene rings is 5. The normalized spacial score (nSPS) is 12.7. The maximum atomic E-state index is 13.6. The molecule has 5 rings (SSSR count). The van der Waals surface area contributed by atoms with Crippen molar-refractivity contribution in [1.29, 1.82) is 0 Å². The monoisotopic (exact) mass is 1050 g/mol. The summed E-state index contributed by atoms with van der Waals surface area (Å²) >= 11 is 24.4. The van der Waals surface area contributed by atoms with Crippen molar-refractivity contribution in [2.24, 2.45) is 20.5 Å². The van der Waals surface area contributed by atoms with Gasteiger partial charge in [0.2, 0.25) is 12.1 Å². The number of nitrogens with zero attached hydrogens (tertiary/aromatic N) is 4. The average molecular weight is 1050 g/mol. The van der Waals surface area contributed by atoms with Crippen molar-refractivity contribution in [1.82, 2.24) is 0 Å². The van der Waals surface area contributed by atoms with Crippen LogP contribution in [0.1, 0.15) is 70.7 Å². The molecule has 0 saturated heterocycles. The van der Waals surface area contributed by atoms with E-state index >= 15 is 0 Å². The number of rotatable bonds is 16. The number of azo groups is 2. The Morgan fingerprint density at radius 2 is 0.843 bits per heavy atom. The molecule has 0 aliphatic rings. The molecule has 14 nitrogen and oxygen atoms in total. The second-order valence-electron chi connectivity index (χ2n) is 14.9. The van der Waals surface area contributed by atoms with Crippen LogP contribution in [0.15, 0.2) is 105 Å². The lowest BCUT2D eigenvalue weighted by Crippen LogP contribution is -2.33. The van der Waals surface area contributed by atoms with Crippen LogP contribution in [-0.4, -0.2) is 47.3 Å². The number of hydrogen-bond acceptors (Lipinski definition) is 10. The summed E-state index contributed by atoms with van der Waals surface area (Å²) < 4.78 is 78.5. The van der Waals surface area contributed by atoms with Crippen molar-refractivity contribution in [2.45, 2.75) is 65.0 Å². The third-order valence-electron chi connectivity index (χ3n) is 9.88. The van der Waals surface area contributed by atoms with Crippen LogP contribution in [-0.2, 0) is 44.4 Å². The number of anilines is 4. The third kappa shape index (κ3) is 14.0. The summed E-state index contributed by atoms with van der Waals surface area (Å²) in [7, 11) is 0. The molecule has 0 aliphatic heterocycles. The van der Waals surface area contributed by atoms with Gasteiger partial charge in [0.05, 0.1) is 43.9 Å². The zero-order chi connectivity index (χ0) is 51.8. The molecular weight excluding hydrogens is 1020 g/mol. The second kappa shape index (κ2) is 22.8. The largest absolute Gasteiger partial charge is 0.416 e. The highest BCUT2D eigenvalue weighted by atomic mass is 35.5. The van der Waals surface area contributed by atoms with E-state index in [9.17, 15) is 55.1 Å². The Morgan fingerprint density at radius 3 is 1.14 bits per heavy atom. The fraction of sp³-hybridized carbons (Fsp3) is 0.217. The summed E-state index contributed by atoms with van der Waals surface area (Å²) in [4.78, 5) is 78.7. The van der Waals surface area contributed by atoms with Gasteiger partial charge in [0.25, 0.3) is 23.6 Å². The highest BCUT2D eigenvalue weighted by molar-refractivity contribution is 6.35. The number of nitrogens with one attached hydrogen (secondary N) is 4. The molecular formula is C46H36Cl4F6N8O6. The number of Topliss-reactive ketones (excluding diaryl/α,β-unsaturated/α-hetero) is 2. The minimum Gasteiger partial charge on any atom is -0.323 e. The van der Waals surface area contributed by atoms with E-state index in [1.165, 1.54) is 48.5 Å². The van der Waals surface area contributed by atoms with E-state index in [0.29, 0.717) is 36.1 Å². The molecule has 0 spiro atoms. The summed E-state index contributed by atoms with van der Waals surface area (Å²) in [5, 5.41) is 25.1. The Morgan fingerprint density at radius 1 is 0.500 bits per heavy atom. The van der Waals surface area contributed by atoms with Gasteiger partial charge in [-0.05, 0) is 123 Å². The molecule has 5 aromatic carbocycles. The summed E-state index contributed by atoms with van der Waals surface area (Å²) in [5.74, 6) is -4.89. The first-order valence-corrected chi connectivity index (χ1v) is 21.9. The summed E-state index contributed by atoms with van der Waals surface area (Å²) in [6, 6.07) is 11.6. The fourth-order valence-electron chi connectivity index (χ4n) is 6.52. The fourth-order valence-corrected chi connectivity index (χ4v) is 7.44. The highest BCUT2D eigenvalue weighted by Crippen LogP contribution is 2.36. The molecule has 5 aromatic rings. The van der Waals surface area contributed by atoms with Gasteiger partial charge in [-0.15, -0.1) is 0 Å². The number of halogens is 10. The lowest BCUT2D eigenvalue weighted by Gasteiger charge is -2.20. The molecule has 70 heavy (non-hydrogen) atoms. The summed E-state index contributed by atoms with van der Waals surface area (Å²) in [5.41, 5.74) is -1.09. The van der Waals surface area contributed by atoms with E-state index in [1.807, 2.05) is 0 Å². The van der Waals surface area contributed by atoms with E-state index in [0.717, 1.165) is 38.1 Å². The van der Waals surface area contributed by atoms with Gasteiger partial charge in [-0.2, -0.15) is 46.8 Å². The molecule has 0 saturated carbocycles. The Balaban J connectivity index is 1.30. The van der Waals surface area contributed by atoms with Gasteiger partial charge >= 0.3 is 12.4 Å². The number of ketones is 2. The van der Waals surface area contributed by atoms with Crippen LogP contribution in [0.5, 0.6) is 0 Å². The van der Waals surface area contributed by atoms with E-state index < -0.39 is 70.8 Å².